The van der Waals surface area contributed by atoms with E-state index in [0.717, 1.165) is 13.1 Å². The van der Waals surface area contributed by atoms with Gasteiger partial charge in [0, 0.05) is 0 Å². The molecule has 0 radical (unpaired) electrons. The summed E-state index contributed by atoms with van der Waals surface area (Å²) in [5, 5.41) is 0. The van der Waals surface area contributed by atoms with E-state index >= 15 is 0 Å². The maximum absolute atomic E-state index is 2.43. The van der Waals surface area contributed by atoms with Crippen LogP contribution in [-0.2, 0) is 27.2 Å². The molecule has 4 nitrogen and oxygen atoms in total. The third-order valence-corrected chi connectivity index (χ3v) is 10.3. The third-order valence-electron chi connectivity index (χ3n) is 3.16. The van der Waals surface area contributed by atoms with Crippen molar-refractivity contribution in [2.45, 2.75) is 39.8 Å². The maximum atomic E-state index is 2.43. The summed E-state index contributed by atoms with van der Waals surface area (Å²) in [4.78, 5) is 0. The number of hydrogen-bond acceptors (Lipinski definition) is 0. The summed E-state index contributed by atoms with van der Waals surface area (Å²) < 4.78 is 12.4. The van der Waals surface area contributed by atoms with Gasteiger partial charge in [-0.3, -0.25) is 0 Å². The van der Waals surface area contributed by atoms with Crippen molar-refractivity contribution in [3.05, 3.63) is 24.8 Å². The van der Waals surface area contributed by atoms with E-state index in [4.69, 9.17) is 0 Å². The average Bonchev–Trinajstić information content (AvgIpc) is 2.94. The Morgan fingerprint density at radius 1 is 0.850 bits per heavy atom. The van der Waals surface area contributed by atoms with Crippen LogP contribution < -0.4 is 18.6 Å². The number of aromatic nitrogens is 4. The number of aryl methyl sites for hydroxylation is 4. The topological polar surface area (TPSA) is 17.6 Å². The van der Waals surface area contributed by atoms with Crippen LogP contribution in [0.15, 0.2) is 24.8 Å². The van der Waals surface area contributed by atoms with E-state index < -0.39 is 0 Å². The molecule has 0 aromatic carbocycles. The Bertz CT molecular complexity index is 509. The zero-order valence-corrected chi connectivity index (χ0v) is 16.2. The molecule has 0 aliphatic rings. The zero-order valence-electron chi connectivity index (χ0n) is 12.7. The van der Waals surface area contributed by atoms with Gasteiger partial charge in [-0.15, -0.1) is 0 Å². The first kappa shape index (κ1) is 15.8. The van der Waals surface area contributed by atoms with Gasteiger partial charge in [-0.25, -0.2) is 0 Å². The molecule has 20 heavy (non-hydrogen) atoms. The van der Waals surface area contributed by atoms with Crippen LogP contribution in [0.1, 0.15) is 26.7 Å². The van der Waals surface area contributed by atoms with Gasteiger partial charge in [-0.1, -0.05) is 0 Å². The molecular weight excluding hydrogens is 382 g/mol. The fourth-order valence-electron chi connectivity index (χ4n) is 2.13. The van der Waals surface area contributed by atoms with Crippen LogP contribution in [0, 0.1) is 0 Å². The third kappa shape index (κ3) is 3.56. The van der Waals surface area contributed by atoms with Crippen LogP contribution in [-0.4, -0.2) is 35.4 Å². The van der Waals surface area contributed by atoms with Gasteiger partial charge in [0.25, 0.3) is 0 Å². The second-order valence-corrected chi connectivity index (χ2v) is 10.8. The molecule has 2 aromatic rings. The number of hydrogen-bond donors (Lipinski definition) is 0. The van der Waals surface area contributed by atoms with Gasteiger partial charge in [-0.2, -0.15) is 0 Å². The predicted molar refractivity (Wildman–Crippen MR) is 82.6 cm³/mol. The molecule has 0 atom stereocenters. The standard InChI is InChI=1S/C14H24N4Se2/c1-5-7-17-11-9-15(3)13(17)19-20-14-16(4)10-12-18(14)8-6-2/h9-12H,5-8H2,1-4H3/q+2. The van der Waals surface area contributed by atoms with E-state index in [1.54, 1.807) is 0 Å². The van der Waals surface area contributed by atoms with Crippen molar-refractivity contribution in [1.82, 2.24) is 9.13 Å². The summed E-state index contributed by atoms with van der Waals surface area (Å²) in [5.41, 5.74) is 0. The molecule has 2 aromatic heterocycles. The SMILES string of the molecule is CCCn1cc[n+](C)c1[Se][Se]c1n(CCC)cc[n+]1C. The summed E-state index contributed by atoms with van der Waals surface area (Å²) in [5.74, 6) is 0. The Labute approximate surface area is 132 Å². The first-order valence-electron chi connectivity index (χ1n) is 7.11. The monoisotopic (exact) mass is 408 g/mol. The molecule has 0 amide bonds. The summed E-state index contributed by atoms with van der Waals surface area (Å²) in [6.45, 7) is 6.76. The molecule has 110 valence electrons. The van der Waals surface area contributed by atoms with Crippen LogP contribution in [0.2, 0.25) is 0 Å². The molecule has 0 saturated heterocycles. The molecule has 0 bridgehead atoms. The molecule has 2 rings (SSSR count). The normalized spacial score (nSPS) is 11.2. The second kappa shape index (κ2) is 7.46. The van der Waals surface area contributed by atoms with Gasteiger partial charge < -0.3 is 0 Å². The van der Waals surface area contributed by atoms with Crippen LogP contribution in [0.25, 0.3) is 0 Å². The van der Waals surface area contributed by atoms with Gasteiger partial charge >= 0.3 is 133 Å². The first-order valence-corrected chi connectivity index (χ1v) is 13.2. The molecule has 2 heterocycles. The van der Waals surface area contributed by atoms with Gasteiger partial charge in [0.15, 0.2) is 0 Å². The molecule has 0 fully saturated rings. The molecule has 0 unspecified atom stereocenters. The summed E-state index contributed by atoms with van der Waals surface area (Å²) >= 11 is 1.06. The van der Waals surface area contributed by atoms with E-state index in [0.29, 0.717) is 26.3 Å². The molecule has 0 N–H and O–H groups in total. The predicted octanol–water partition coefficient (Wildman–Crippen LogP) is -0.967. The summed E-state index contributed by atoms with van der Waals surface area (Å²) in [6.07, 6.45) is 11.2. The van der Waals surface area contributed by atoms with E-state index in [9.17, 15) is 0 Å². The molecule has 6 heteroatoms. The first-order chi connectivity index (χ1) is 9.67. The minimum absolute atomic E-state index is 0.530. The van der Waals surface area contributed by atoms with Crippen LogP contribution in [0.3, 0.4) is 0 Å². The van der Waals surface area contributed by atoms with Gasteiger partial charge in [0.1, 0.15) is 0 Å². The molecule has 0 saturated carbocycles. The van der Waals surface area contributed by atoms with E-state index in [2.05, 4.69) is 71.0 Å². The van der Waals surface area contributed by atoms with Crippen LogP contribution >= 0.6 is 0 Å². The van der Waals surface area contributed by atoms with Crippen molar-refractivity contribution < 1.29 is 9.13 Å². The van der Waals surface area contributed by atoms with Crippen molar-refractivity contribution in [3.8, 4) is 0 Å². The number of nitrogens with zero attached hydrogens (tertiary/aromatic N) is 4. The Balaban J connectivity index is 2.12. The summed E-state index contributed by atoms with van der Waals surface area (Å²) in [7, 11) is 4.34. The van der Waals surface area contributed by atoms with Gasteiger partial charge in [0.05, 0.1) is 0 Å². The molecule has 0 spiro atoms. The van der Waals surface area contributed by atoms with Gasteiger partial charge in [0.2, 0.25) is 0 Å². The van der Waals surface area contributed by atoms with Gasteiger partial charge in [-0.05, 0) is 0 Å². The van der Waals surface area contributed by atoms with Crippen LogP contribution in [0.4, 0.5) is 0 Å². The molecular formula is C14H24N4Se2+2. The number of rotatable bonds is 7. The van der Waals surface area contributed by atoms with Crippen molar-refractivity contribution in [1.29, 1.82) is 0 Å². The Morgan fingerprint density at radius 2 is 1.25 bits per heavy atom. The fraction of sp³-hybridized carbons (Fsp3) is 0.571. The molecule has 0 aliphatic heterocycles. The second-order valence-electron chi connectivity index (χ2n) is 4.94. The minimum atomic E-state index is 0.530. The van der Waals surface area contributed by atoms with Crippen molar-refractivity contribution >= 4 is 35.7 Å². The van der Waals surface area contributed by atoms with E-state index in [-0.39, 0.29) is 0 Å². The number of imidazole rings is 2. The zero-order chi connectivity index (χ0) is 14.5. The Kier molecular flexibility index (Phi) is 5.91. The Morgan fingerprint density at radius 3 is 1.60 bits per heavy atom. The summed E-state index contributed by atoms with van der Waals surface area (Å²) in [6, 6.07) is 0. The van der Waals surface area contributed by atoms with Crippen molar-refractivity contribution in [2.24, 2.45) is 14.1 Å². The van der Waals surface area contributed by atoms with Crippen molar-refractivity contribution in [2.75, 3.05) is 0 Å². The van der Waals surface area contributed by atoms with Crippen molar-refractivity contribution in [3.63, 3.8) is 0 Å². The van der Waals surface area contributed by atoms with Crippen LogP contribution in [0.5, 0.6) is 0 Å². The quantitative estimate of drug-likeness (QED) is 0.416. The fourth-order valence-corrected chi connectivity index (χ4v) is 10.5. The van der Waals surface area contributed by atoms with E-state index in [1.807, 2.05) is 0 Å². The van der Waals surface area contributed by atoms with E-state index in [1.165, 1.54) is 22.3 Å². The molecule has 0 aliphatic carbocycles. The average molecular weight is 406 g/mol. The Hall–Kier alpha value is -0.541.